The summed E-state index contributed by atoms with van der Waals surface area (Å²) in [6.45, 7) is 4.26. The Morgan fingerprint density at radius 1 is 1.60 bits per heavy atom. The van der Waals surface area contributed by atoms with Crippen LogP contribution < -0.4 is 0 Å². The number of hydrogen-bond donors (Lipinski definition) is 0. The molecule has 0 aromatic rings. The Bertz CT molecular complexity index is 226. The summed E-state index contributed by atoms with van der Waals surface area (Å²) in [4.78, 5) is 8.94. The third-order valence-corrected chi connectivity index (χ3v) is 4.64. The van der Waals surface area contributed by atoms with E-state index in [1.807, 2.05) is 0 Å². The van der Waals surface area contributed by atoms with Crippen LogP contribution in [-0.2, 0) is 9.40 Å². The third kappa shape index (κ3) is 6.39. The second-order valence-corrected chi connectivity index (χ2v) is 6.39. The van der Waals surface area contributed by atoms with Crippen molar-refractivity contribution in [1.82, 2.24) is 0 Å². The molecule has 6 heteroatoms. The van der Waals surface area contributed by atoms with E-state index in [1.54, 1.807) is 11.8 Å². The predicted octanol–water partition coefficient (Wildman–Crippen LogP) is 4.51. The van der Waals surface area contributed by atoms with Crippen LogP contribution in [0.25, 0.3) is 0 Å². The van der Waals surface area contributed by atoms with Crippen molar-refractivity contribution in [2.75, 3.05) is 12.0 Å². The van der Waals surface area contributed by atoms with Crippen LogP contribution in [-0.4, -0.2) is 21.5 Å². The van der Waals surface area contributed by atoms with E-state index in [9.17, 15) is 4.57 Å². The van der Waals surface area contributed by atoms with Gasteiger partial charge in [-0.2, -0.15) is 0 Å². The van der Waals surface area contributed by atoms with Gasteiger partial charge in [0.1, 0.15) is 0 Å². The molecule has 88 valence electrons. The van der Waals surface area contributed by atoms with Crippen LogP contribution >= 0.6 is 42.6 Å². The van der Waals surface area contributed by atoms with Gasteiger partial charge in [0, 0.05) is 0 Å². The van der Waals surface area contributed by atoms with Crippen molar-refractivity contribution >= 4 is 42.6 Å². The number of nitrogens with zero attached hydrogens (tertiary/aromatic N) is 1. The summed E-state index contributed by atoms with van der Waals surface area (Å²) in [6, 6.07) is 0. The van der Waals surface area contributed by atoms with E-state index in [-0.39, 0.29) is 13.9 Å². The first-order chi connectivity index (χ1) is 7.14. The SMILES string of the molecule is CCC(I)CC(CC)(CSC)ON=[P+]=O. The molecule has 0 rings (SSSR count). The zero-order valence-corrected chi connectivity index (χ0v) is 13.3. The molecule has 3 nitrogen and oxygen atoms in total. The first-order valence-electron chi connectivity index (χ1n) is 4.98. The first-order valence-corrected chi connectivity index (χ1v) is 8.38. The predicted molar refractivity (Wildman–Crippen MR) is 75.2 cm³/mol. The van der Waals surface area contributed by atoms with Gasteiger partial charge in [-0.15, -0.1) is 0 Å². The van der Waals surface area contributed by atoms with Crippen LogP contribution in [0, 0.1) is 0 Å². The molecule has 0 spiro atoms. The Balaban J connectivity index is 4.54. The average molecular weight is 362 g/mol. The third-order valence-electron chi connectivity index (χ3n) is 2.36. The van der Waals surface area contributed by atoms with Crippen LogP contribution in [0.15, 0.2) is 4.91 Å². The molecule has 0 radical (unpaired) electrons. The van der Waals surface area contributed by atoms with Gasteiger partial charge >= 0.3 is 112 Å². The number of rotatable bonds is 8. The molecule has 0 heterocycles. The second kappa shape index (κ2) is 9.14. The van der Waals surface area contributed by atoms with Gasteiger partial charge < -0.3 is 0 Å². The van der Waals surface area contributed by atoms with Crippen LogP contribution in [0.5, 0.6) is 0 Å². The maximum absolute atomic E-state index is 10.3. The van der Waals surface area contributed by atoms with Crippen LogP contribution in [0.2, 0.25) is 0 Å². The Hall–Kier alpha value is 1.07. The summed E-state index contributed by atoms with van der Waals surface area (Å²) in [5.41, 5.74) is -0.251. The standard InChI is InChI=1S/C9H18INO2PS/c1-4-8(10)6-9(5-2,7-15-3)13-11-14-12/h8H,4-7H2,1-3H3/q+1. The Kier molecular flexibility index (Phi) is 9.79. The zero-order chi connectivity index (χ0) is 11.7. The summed E-state index contributed by atoms with van der Waals surface area (Å²) in [5, 5.41) is 0. The summed E-state index contributed by atoms with van der Waals surface area (Å²) in [6.07, 6.45) is 5.03. The monoisotopic (exact) mass is 362 g/mol. The fourth-order valence-corrected chi connectivity index (χ4v) is 3.26. The van der Waals surface area contributed by atoms with Crippen LogP contribution in [0.3, 0.4) is 0 Å². The van der Waals surface area contributed by atoms with Gasteiger partial charge in [-0.3, -0.25) is 0 Å². The second-order valence-electron chi connectivity index (χ2n) is 3.43. The van der Waals surface area contributed by atoms with Crippen molar-refractivity contribution in [3.05, 3.63) is 0 Å². The normalized spacial score (nSPS) is 16.8. The molecule has 0 amide bonds. The fourth-order valence-electron chi connectivity index (χ4n) is 1.35. The fraction of sp³-hybridized carbons (Fsp3) is 1.00. The molecule has 2 atom stereocenters. The van der Waals surface area contributed by atoms with E-state index in [1.165, 1.54) is 0 Å². The molecule has 0 saturated heterocycles. The molecule has 0 fully saturated rings. The maximum atomic E-state index is 10.3. The number of thioether (sulfide) groups is 1. The molecule has 0 aromatic heterocycles. The van der Waals surface area contributed by atoms with E-state index >= 15 is 0 Å². The summed E-state index contributed by atoms with van der Waals surface area (Å²) >= 11 is 4.18. The minimum atomic E-state index is -0.289. The Morgan fingerprint density at radius 2 is 2.27 bits per heavy atom. The van der Waals surface area contributed by atoms with Gasteiger partial charge in [-0.1, -0.05) is 0 Å². The van der Waals surface area contributed by atoms with E-state index in [2.05, 4.69) is 47.6 Å². The summed E-state index contributed by atoms with van der Waals surface area (Å²) in [5.74, 6) is 0.891. The van der Waals surface area contributed by atoms with Gasteiger partial charge in [-0.25, -0.2) is 0 Å². The molecule has 0 aromatic carbocycles. The number of hydrogen-bond acceptors (Lipinski definition) is 4. The average Bonchev–Trinajstić information content (AvgIpc) is 2.26. The Labute approximate surface area is 111 Å². The van der Waals surface area contributed by atoms with Gasteiger partial charge in [0.2, 0.25) is 0 Å². The zero-order valence-electron chi connectivity index (χ0n) is 9.40. The van der Waals surface area contributed by atoms with Crippen LogP contribution in [0.1, 0.15) is 33.1 Å². The molecular formula is C9H18INO2PS+. The number of alkyl halides is 1. The van der Waals surface area contributed by atoms with Crippen molar-refractivity contribution in [2.45, 2.75) is 42.6 Å². The van der Waals surface area contributed by atoms with E-state index in [0.29, 0.717) is 3.92 Å². The molecule has 2 unspecified atom stereocenters. The molecule has 15 heavy (non-hydrogen) atoms. The van der Waals surface area contributed by atoms with Gasteiger partial charge in [0.25, 0.3) is 0 Å². The van der Waals surface area contributed by atoms with Crippen molar-refractivity contribution in [3.8, 4) is 0 Å². The van der Waals surface area contributed by atoms with E-state index in [0.717, 1.165) is 25.0 Å². The first kappa shape index (κ1) is 16.1. The molecule has 0 bridgehead atoms. The van der Waals surface area contributed by atoms with E-state index in [4.69, 9.17) is 4.84 Å². The van der Waals surface area contributed by atoms with Gasteiger partial charge in [-0.05, 0) is 0 Å². The molecule has 0 aliphatic rings. The molecule has 0 saturated carbocycles. The van der Waals surface area contributed by atoms with Gasteiger partial charge in [0.15, 0.2) is 0 Å². The molecular weight excluding hydrogens is 344 g/mol. The summed E-state index contributed by atoms with van der Waals surface area (Å²) < 4.78 is 10.9. The van der Waals surface area contributed by atoms with Crippen LogP contribution in [0.4, 0.5) is 0 Å². The van der Waals surface area contributed by atoms with Gasteiger partial charge in [0.05, 0.1) is 0 Å². The quantitative estimate of drug-likeness (QED) is 0.276. The topological polar surface area (TPSA) is 38.7 Å². The number of halogens is 1. The Morgan fingerprint density at radius 3 is 2.67 bits per heavy atom. The molecule has 0 aliphatic carbocycles. The molecule has 0 aliphatic heterocycles. The molecule has 0 N–H and O–H groups in total. The van der Waals surface area contributed by atoms with E-state index < -0.39 is 0 Å². The minimum absolute atomic E-state index is 0.251. The van der Waals surface area contributed by atoms with Crippen molar-refractivity contribution in [1.29, 1.82) is 0 Å². The van der Waals surface area contributed by atoms with Crippen molar-refractivity contribution in [3.63, 3.8) is 0 Å². The van der Waals surface area contributed by atoms with Crippen molar-refractivity contribution in [2.24, 2.45) is 4.91 Å². The van der Waals surface area contributed by atoms with Crippen molar-refractivity contribution < 1.29 is 9.40 Å². The summed E-state index contributed by atoms with van der Waals surface area (Å²) in [7, 11) is -0.289.